The van der Waals surface area contributed by atoms with Gasteiger partial charge in [0.1, 0.15) is 42.2 Å². The molecule has 0 bridgehead atoms. The molecule has 42 heteroatoms. The van der Waals surface area contributed by atoms with E-state index in [9.17, 15) is 71.9 Å². The van der Waals surface area contributed by atoms with Crippen LogP contribution in [0.15, 0.2) is 54.6 Å². The van der Waals surface area contributed by atoms with Crippen LogP contribution in [0.1, 0.15) is 156 Å². The molecule has 3 aromatic carbocycles. The Bertz CT molecular complexity index is 4050. The zero-order valence-corrected chi connectivity index (χ0v) is 77.2. The number of carbonyl (C=O) groups is 15. The van der Waals surface area contributed by atoms with Crippen LogP contribution in [-0.4, -0.2) is 313 Å². The van der Waals surface area contributed by atoms with Gasteiger partial charge in [-0.2, -0.15) is 0 Å². The first-order chi connectivity index (χ1) is 55.5. The molecule has 9 aliphatic rings. The smallest absolute Gasteiger partial charge is 0.407 e. The Hall–Kier alpha value is -7.92. The summed E-state index contributed by atoms with van der Waals surface area (Å²) >= 11 is 0. The van der Waals surface area contributed by atoms with Crippen LogP contribution < -0.4 is 53.6 Å². The second-order valence-corrected chi connectivity index (χ2v) is 29.7. The number of halogens is 2. The molecule has 121 heavy (non-hydrogen) atoms. The Balaban J connectivity index is 0.000000425. The summed E-state index contributed by atoms with van der Waals surface area (Å²) in [4.78, 5) is 189. The van der Waals surface area contributed by atoms with Crippen molar-refractivity contribution in [1.29, 1.82) is 0 Å². The number of imide groups is 6. The molecular weight excluding hydrogens is 1870 g/mol. The van der Waals surface area contributed by atoms with Crippen molar-refractivity contribution in [2.45, 2.75) is 141 Å². The summed E-state index contributed by atoms with van der Waals surface area (Å²) in [5.74, 6) is -6.04. The fourth-order valence-corrected chi connectivity index (χ4v) is 13.2. The number of hydrogen-bond acceptors (Lipinski definition) is 30. The maximum absolute atomic E-state index is 13.2. The summed E-state index contributed by atoms with van der Waals surface area (Å²) in [6.45, 7) is 27.4. The third-order valence-corrected chi connectivity index (χ3v) is 18.7. The van der Waals surface area contributed by atoms with Crippen molar-refractivity contribution in [2.75, 3.05) is 167 Å². The molecule has 9 heterocycles. The van der Waals surface area contributed by atoms with Crippen LogP contribution in [0.5, 0.6) is 0 Å². The Morgan fingerprint density at radius 3 is 1.05 bits per heavy atom. The molecule has 0 aromatic heterocycles. The summed E-state index contributed by atoms with van der Waals surface area (Å²) in [6, 6.07) is 12.7. The van der Waals surface area contributed by atoms with Crippen LogP contribution >= 0.6 is 24.8 Å². The Kier molecular flexibility index (Phi) is 46.7. The first-order valence-electron chi connectivity index (χ1n) is 39.1. The van der Waals surface area contributed by atoms with Gasteiger partial charge in [-0.25, -0.2) is 9.59 Å². The molecular formula is C79H114Cl2N15O23WY-. The van der Waals surface area contributed by atoms with Gasteiger partial charge < -0.3 is 87.8 Å². The molecule has 9 aliphatic heterocycles. The zero-order valence-electron chi connectivity index (χ0n) is 69.7. The van der Waals surface area contributed by atoms with E-state index in [1.54, 1.807) is 96.1 Å². The first kappa shape index (κ1) is 107. The second kappa shape index (κ2) is 52.6. The summed E-state index contributed by atoms with van der Waals surface area (Å²) in [5.41, 5.74) is 7.75. The Morgan fingerprint density at radius 1 is 0.455 bits per heavy atom. The predicted molar refractivity (Wildman–Crippen MR) is 438 cm³/mol. The number of ether oxygens (including phenoxy) is 8. The van der Waals surface area contributed by atoms with Gasteiger partial charge in [-0.05, 0) is 97.2 Å². The number of likely N-dealkylation sites (tertiary alicyclic amines) is 2. The van der Waals surface area contributed by atoms with Crippen LogP contribution in [0.25, 0.3) is 0 Å². The van der Waals surface area contributed by atoms with E-state index in [0.717, 1.165) is 67.1 Å². The van der Waals surface area contributed by atoms with E-state index >= 15 is 0 Å². The van der Waals surface area contributed by atoms with Gasteiger partial charge in [-0.1, -0.05) is 32.0 Å². The zero-order chi connectivity index (χ0) is 84.2. The largest absolute Gasteiger partial charge is 0.444 e. The normalized spacial score (nSPS) is 18.7. The van der Waals surface area contributed by atoms with E-state index < -0.39 is 106 Å². The van der Waals surface area contributed by atoms with Crippen LogP contribution in [0.4, 0.5) is 26.7 Å². The number of anilines is 3. The Labute approximate surface area is 755 Å². The van der Waals surface area contributed by atoms with E-state index in [2.05, 4.69) is 57.7 Å². The van der Waals surface area contributed by atoms with Crippen molar-refractivity contribution in [2.24, 2.45) is 5.73 Å². The van der Waals surface area contributed by atoms with Crippen molar-refractivity contribution in [3.05, 3.63) is 95.4 Å². The average molecular weight is 1990 g/mol. The number of rotatable bonds is 34. The molecule has 1 radical (unpaired) electrons. The van der Waals surface area contributed by atoms with Gasteiger partial charge in [0.2, 0.25) is 35.4 Å². The number of nitrogens with one attached hydrogen (secondary N) is 9. The van der Waals surface area contributed by atoms with E-state index in [-0.39, 0.29) is 177 Å². The fraction of sp³-hybridized carbons (Fsp3) is 0.570. The van der Waals surface area contributed by atoms with Crippen LogP contribution in [0.2, 0.25) is 0 Å². The fourth-order valence-electron chi connectivity index (χ4n) is 13.2. The van der Waals surface area contributed by atoms with Gasteiger partial charge in [0.15, 0.2) is 0 Å². The monoisotopic (exact) mass is 1980 g/mol. The molecule has 3 unspecified atom stereocenters. The summed E-state index contributed by atoms with van der Waals surface area (Å²) in [7, 11) is 0. The number of nitrogens with two attached hydrogens (primary N) is 1. The molecule has 0 aliphatic carbocycles. The second-order valence-electron chi connectivity index (χ2n) is 29.7. The number of carbonyl (C=O) groups excluding carboxylic acids is 15. The minimum Gasteiger partial charge on any atom is -0.444 e. The topological polar surface area (TPSA) is 480 Å². The molecule has 11 N–H and O–H groups in total. The maximum Gasteiger partial charge on any atom is 0.407 e. The number of fused-ring (bicyclic) bond motifs is 3. The van der Waals surface area contributed by atoms with E-state index in [0.29, 0.717) is 127 Å². The van der Waals surface area contributed by atoms with Gasteiger partial charge in [0.25, 0.3) is 35.4 Å². The summed E-state index contributed by atoms with van der Waals surface area (Å²) in [5, 5.41) is 24.9. The van der Waals surface area contributed by atoms with Crippen molar-refractivity contribution >= 4 is 131 Å². The number of piperidine rings is 3. The first-order valence-corrected chi connectivity index (χ1v) is 39.1. The molecule has 3 aromatic rings. The van der Waals surface area contributed by atoms with Crippen molar-refractivity contribution in [3.8, 4) is 0 Å². The van der Waals surface area contributed by atoms with Gasteiger partial charge in [0, 0.05) is 162 Å². The third-order valence-electron chi connectivity index (χ3n) is 18.7. The van der Waals surface area contributed by atoms with E-state index in [4.69, 9.17) is 43.6 Å². The maximum atomic E-state index is 13.2. The van der Waals surface area contributed by atoms with Gasteiger partial charge in [0.05, 0.1) is 124 Å². The van der Waals surface area contributed by atoms with Gasteiger partial charge in [-0.3, -0.25) is 98.0 Å². The predicted octanol–water partition coefficient (Wildman–Crippen LogP) is 2.45. The summed E-state index contributed by atoms with van der Waals surface area (Å²) in [6.07, 6.45) is 0.457. The number of nitrogens with zero attached hydrogens (tertiary/aromatic N) is 5. The quantitative estimate of drug-likeness (QED) is 0.0178. The minimum atomic E-state index is -0.989. The van der Waals surface area contributed by atoms with Crippen LogP contribution in [0, 0.1) is 7.43 Å². The molecule has 12 rings (SSSR count). The molecule has 14 amide bonds. The molecule has 38 nitrogen and oxygen atoms in total. The number of aldehydes is 1. The molecule has 6 fully saturated rings. The van der Waals surface area contributed by atoms with Gasteiger partial charge in [-0.15, -0.1) is 24.8 Å². The third kappa shape index (κ3) is 31.4. The molecule has 0 spiro atoms. The minimum absolute atomic E-state index is 0. The van der Waals surface area contributed by atoms with Crippen LogP contribution in [0.3, 0.4) is 0 Å². The molecule has 667 valence electrons. The van der Waals surface area contributed by atoms with Crippen molar-refractivity contribution in [1.82, 2.24) is 56.4 Å². The number of benzene rings is 3. The number of hydrogen-bond donors (Lipinski definition) is 10. The Morgan fingerprint density at radius 2 is 0.760 bits per heavy atom. The molecule has 0 saturated carbocycles. The standard InChI is InChI=1S/C27H37N5O8.C22H29N5O6.C16H16N4O4.C11H21NO5.C2H6.CH3.2ClH.W.Y/c1-27(2,3)40-26(37)28-9-11-38-13-14-39-12-10-31-15-17(16-31)29-19-6-4-5-18-22(19)25(36)32(24(18)35)20-7-8-21(33)30-23(20)34;23-6-8-32-10-11-33-9-7-26-12-14(13-26)24-16-3-1-2-15-19(16)22(31)27(21(15)30)17-4-5-18(28)25-20(17)29;21-12-5-4-11(14(22)19-12)20-15(23)9-2-1-3-10(13(9)16(20)24)18-8-6-17-7-8;1-11(2,3)17-10(14)12-4-6-15-8-9-16-7-5-13;1-2;;;;;/h4-6,17,20,29H,7-16H2,1-3H3,(H,28,37)(H,30,33,34);1-3,14,17,24H,4-13,23H2,(H,25,28,29);1-3,8,11,17-18H,4-7H2,(H,19,21,22);5H,4,6-9H2,1-3H3,(H,12,14);1-2H3;1H3;2*1H;;/q;;;;;-1;;;;. The SMILES string of the molecule is CC.CC(C)(C)OC(=O)NCCOCCOCC=O.CC(C)(C)OC(=O)NCCOCCOCCN1CC(Nc2cccc3c2C(=O)N(C2CCC(=O)NC2=O)C3=O)C1.Cl.Cl.NCCOCCOCCN1CC(Nc2cccc3c2C(=O)N(C2CCC(=O)NC2=O)C3=O)C1.O=C1CCC(N2C(=O)c3cccc(NC4CNC4)c3C2=O)C(=O)N1.[CH3-].[W].[Y]. The average Bonchev–Trinajstić information content (AvgIpc) is 1.61. The summed E-state index contributed by atoms with van der Waals surface area (Å²) < 4.78 is 42.1. The molecule has 6 saturated heterocycles. The van der Waals surface area contributed by atoms with Crippen LogP contribution in [-0.2, 0) is 125 Å². The van der Waals surface area contributed by atoms with E-state index in [1.807, 2.05) is 13.8 Å². The van der Waals surface area contributed by atoms with E-state index in [1.165, 1.54) is 0 Å². The number of amides is 14. The molecule has 3 atom stereocenters. The van der Waals surface area contributed by atoms with Crippen molar-refractivity contribution in [3.63, 3.8) is 0 Å². The number of alkyl carbamates (subject to hydrolysis) is 2. The van der Waals surface area contributed by atoms with Crippen molar-refractivity contribution < 1.29 is 164 Å². The van der Waals surface area contributed by atoms with Gasteiger partial charge >= 0.3 is 12.2 Å².